The van der Waals surface area contributed by atoms with E-state index in [9.17, 15) is 4.39 Å². The number of hydrogen-bond acceptors (Lipinski definition) is 4. The van der Waals surface area contributed by atoms with Crippen LogP contribution in [0, 0.1) is 5.82 Å². The summed E-state index contributed by atoms with van der Waals surface area (Å²) in [6, 6.07) is 14.3. The van der Waals surface area contributed by atoms with Gasteiger partial charge in [0.1, 0.15) is 5.82 Å². The van der Waals surface area contributed by atoms with E-state index in [1.165, 1.54) is 11.0 Å². The lowest BCUT2D eigenvalue weighted by Gasteiger charge is -2.00. The first-order valence-corrected chi connectivity index (χ1v) is 9.26. The van der Waals surface area contributed by atoms with E-state index in [1.54, 1.807) is 41.7 Å². The number of aromatic nitrogens is 3. The van der Waals surface area contributed by atoms with Gasteiger partial charge in [0.2, 0.25) is 5.16 Å². The number of rotatable bonds is 6. The summed E-state index contributed by atoms with van der Waals surface area (Å²) in [7, 11) is 0. The van der Waals surface area contributed by atoms with E-state index in [0.717, 1.165) is 16.5 Å². The second-order valence-electron chi connectivity index (χ2n) is 4.60. The van der Waals surface area contributed by atoms with Gasteiger partial charge in [-0.1, -0.05) is 35.5 Å². The van der Waals surface area contributed by atoms with Crippen LogP contribution in [0.25, 0.3) is 11.4 Å². The van der Waals surface area contributed by atoms with E-state index < -0.39 is 0 Å². The van der Waals surface area contributed by atoms with Crippen LogP contribution in [0.4, 0.5) is 4.39 Å². The third kappa shape index (κ3) is 4.50. The molecule has 1 N–H and O–H groups in total. The summed E-state index contributed by atoms with van der Waals surface area (Å²) in [5, 5.41) is 8.27. The smallest absolute Gasteiger partial charge is 0.208 e. The SMILES string of the molecule is Fc1ccccc1-c1nc(SCCSc2ccc(Cl)cc2)n[nH]1. The summed E-state index contributed by atoms with van der Waals surface area (Å²) >= 11 is 9.15. The highest BCUT2D eigenvalue weighted by atomic mass is 35.5. The molecule has 0 amide bonds. The van der Waals surface area contributed by atoms with Crippen molar-refractivity contribution < 1.29 is 4.39 Å². The largest absolute Gasteiger partial charge is 0.258 e. The first kappa shape index (κ1) is 16.4. The van der Waals surface area contributed by atoms with Crippen LogP contribution in [0.3, 0.4) is 0 Å². The normalized spacial score (nSPS) is 10.9. The lowest BCUT2D eigenvalue weighted by molar-refractivity contribution is 0.630. The first-order valence-electron chi connectivity index (χ1n) is 6.91. The number of halogens is 2. The Morgan fingerprint density at radius 3 is 2.52 bits per heavy atom. The topological polar surface area (TPSA) is 41.6 Å². The maximum Gasteiger partial charge on any atom is 0.208 e. The van der Waals surface area contributed by atoms with Gasteiger partial charge in [-0.3, -0.25) is 5.10 Å². The van der Waals surface area contributed by atoms with E-state index >= 15 is 0 Å². The van der Waals surface area contributed by atoms with Crippen molar-refractivity contribution in [1.29, 1.82) is 0 Å². The van der Waals surface area contributed by atoms with Crippen molar-refractivity contribution in [2.24, 2.45) is 0 Å². The van der Waals surface area contributed by atoms with Gasteiger partial charge in [-0.2, -0.15) is 0 Å². The molecule has 0 aliphatic rings. The molecule has 0 spiro atoms. The standard InChI is InChI=1S/C16H13ClFN3S2/c17-11-5-7-12(8-6-11)22-9-10-23-16-19-15(20-21-16)13-3-1-2-4-14(13)18/h1-8H,9-10H2,(H,19,20,21). The molecule has 0 fully saturated rings. The highest BCUT2D eigenvalue weighted by Crippen LogP contribution is 2.24. The quantitative estimate of drug-likeness (QED) is 0.484. The summed E-state index contributed by atoms with van der Waals surface area (Å²) in [5.41, 5.74) is 0.433. The summed E-state index contributed by atoms with van der Waals surface area (Å²) in [5.74, 6) is 1.94. The zero-order chi connectivity index (χ0) is 16.1. The van der Waals surface area contributed by atoms with Gasteiger partial charge in [0, 0.05) is 21.4 Å². The predicted octanol–water partition coefficient (Wildman–Crippen LogP) is 5.15. The molecular weight excluding hydrogens is 353 g/mol. The van der Waals surface area contributed by atoms with Crippen molar-refractivity contribution in [2.45, 2.75) is 10.1 Å². The van der Waals surface area contributed by atoms with Crippen molar-refractivity contribution in [2.75, 3.05) is 11.5 Å². The van der Waals surface area contributed by atoms with Crippen molar-refractivity contribution in [3.63, 3.8) is 0 Å². The second kappa shape index (κ2) is 7.86. The number of nitrogens with one attached hydrogen (secondary N) is 1. The number of nitrogens with zero attached hydrogens (tertiary/aromatic N) is 2. The fraction of sp³-hybridized carbons (Fsp3) is 0.125. The van der Waals surface area contributed by atoms with Crippen LogP contribution in [0.15, 0.2) is 58.6 Å². The van der Waals surface area contributed by atoms with E-state index in [-0.39, 0.29) is 5.82 Å². The van der Waals surface area contributed by atoms with Gasteiger partial charge >= 0.3 is 0 Å². The summed E-state index contributed by atoms with van der Waals surface area (Å²) in [4.78, 5) is 5.50. The average Bonchev–Trinajstić information content (AvgIpc) is 3.02. The van der Waals surface area contributed by atoms with Gasteiger partial charge in [0.05, 0.1) is 5.56 Å². The molecule has 2 aromatic carbocycles. The zero-order valence-electron chi connectivity index (χ0n) is 12.0. The highest BCUT2D eigenvalue weighted by molar-refractivity contribution is 8.02. The van der Waals surface area contributed by atoms with E-state index in [1.807, 2.05) is 24.3 Å². The minimum absolute atomic E-state index is 0.307. The maximum atomic E-state index is 13.7. The predicted molar refractivity (Wildman–Crippen MR) is 94.7 cm³/mol. The van der Waals surface area contributed by atoms with Gasteiger partial charge in [-0.25, -0.2) is 9.37 Å². The average molecular weight is 366 g/mol. The molecule has 0 atom stereocenters. The molecule has 0 aliphatic heterocycles. The zero-order valence-corrected chi connectivity index (χ0v) is 14.4. The Kier molecular flexibility index (Phi) is 5.59. The van der Waals surface area contributed by atoms with Crippen LogP contribution >= 0.6 is 35.1 Å². The van der Waals surface area contributed by atoms with Crippen LogP contribution < -0.4 is 0 Å². The second-order valence-corrected chi connectivity index (χ2v) is 7.26. The Morgan fingerprint density at radius 2 is 1.74 bits per heavy atom. The Bertz CT molecular complexity index is 777. The lowest BCUT2D eigenvalue weighted by Crippen LogP contribution is -1.86. The molecule has 3 rings (SSSR count). The Hall–Kier alpha value is -1.50. The van der Waals surface area contributed by atoms with Crippen molar-refractivity contribution in [3.05, 3.63) is 59.4 Å². The van der Waals surface area contributed by atoms with E-state index in [4.69, 9.17) is 11.6 Å². The molecule has 0 unspecified atom stereocenters. The first-order chi connectivity index (χ1) is 11.2. The fourth-order valence-corrected chi connectivity index (χ4v) is 3.71. The number of aromatic amines is 1. The Morgan fingerprint density at radius 1 is 1.00 bits per heavy atom. The van der Waals surface area contributed by atoms with E-state index in [0.29, 0.717) is 16.5 Å². The molecule has 0 aliphatic carbocycles. The molecule has 118 valence electrons. The molecule has 7 heteroatoms. The van der Waals surface area contributed by atoms with E-state index in [2.05, 4.69) is 15.2 Å². The third-order valence-corrected chi connectivity index (χ3v) is 5.36. The molecular formula is C16H13ClFN3S2. The number of hydrogen-bond donors (Lipinski definition) is 1. The van der Waals surface area contributed by atoms with Crippen LogP contribution in [0.2, 0.25) is 5.02 Å². The van der Waals surface area contributed by atoms with Gasteiger partial charge in [-0.05, 0) is 36.4 Å². The van der Waals surface area contributed by atoms with Crippen molar-refractivity contribution in [1.82, 2.24) is 15.2 Å². The molecule has 1 heterocycles. The lowest BCUT2D eigenvalue weighted by atomic mass is 10.2. The fourth-order valence-electron chi connectivity index (χ4n) is 1.91. The molecule has 23 heavy (non-hydrogen) atoms. The summed E-state index contributed by atoms with van der Waals surface area (Å²) < 4.78 is 13.7. The molecule has 0 bridgehead atoms. The molecule has 0 radical (unpaired) electrons. The molecule has 0 saturated heterocycles. The van der Waals surface area contributed by atoms with Gasteiger partial charge in [0.15, 0.2) is 5.82 Å². The Labute approximate surface area is 147 Å². The number of H-pyrrole nitrogens is 1. The minimum Gasteiger partial charge on any atom is -0.258 e. The van der Waals surface area contributed by atoms with Crippen LogP contribution in [0.5, 0.6) is 0 Å². The van der Waals surface area contributed by atoms with Crippen LogP contribution in [-0.4, -0.2) is 26.7 Å². The maximum absolute atomic E-state index is 13.7. The van der Waals surface area contributed by atoms with Crippen molar-refractivity contribution in [3.8, 4) is 11.4 Å². The van der Waals surface area contributed by atoms with Gasteiger partial charge in [-0.15, -0.1) is 16.9 Å². The monoisotopic (exact) mass is 365 g/mol. The van der Waals surface area contributed by atoms with Gasteiger partial charge in [0.25, 0.3) is 0 Å². The molecule has 1 aromatic heterocycles. The van der Waals surface area contributed by atoms with Gasteiger partial charge < -0.3 is 0 Å². The van der Waals surface area contributed by atoms with Crippen LogP contribution in [-0.2, 0) is 0 Å². The summed E-state index contributed by atoms with van der Waals surface area (Å²) in [6.07, 6.45) is 0. The molecule has 3 nitrogen and oxygen atoms in total. The van der Waals surface area contributed by atoms with Crippen molar-refractivity contribution >= 4 is 35.1 Å². The number of thioether (sulfide) groups is 2. The summed E-state index contributed by atoms with van der Waals surface area (Å²) in [6.45, 7) is 0. The molecule has 3 aromatic rings. The minimum atomic E-state index is -0.307. The Balaban J connectivity index is 1.52. The number of benzene rings is 2. The highest BCUT2D eigenvalue weighted by Gasteiger charge is 2.09. The van der Waals surface area contributed by atoms with Crippen LogP contribution in [0.1, 0.15) is 0 Å². The third-order valence-electron chi connectivity index (χ3n) is 2.99. The molecule has 0 saturated carbocycles.